The largest absolute Gasteiger partial charge is 0.481 e. The highest BCUT2D eigenvalue weighted by Crippen LogP contribution is 2.52. The molecule has 1 heterocycles. The van der Waals surface area contributed by atoms with Crippen LogP contribution >= 0.6 is 11.3 Å². The van der Waals surface area contributed by atoms with Gasteiger partial charge in [-0.1, -0.05) is 20.8 Å². The zero-order valence-electron chi connectivity index (χ0n) is 17.3. The van der Waals surface area contributed by atoms with E-state index in [4.69, 9.17) is 0 Å². The molecule has 2 amide bonds. The van der Waals surface area contributed by atoms with E-state index in [0.29, 0.717) is 11.5 Å². The molecule has 7 heteroatoms. The van der Waals surface area contributed by atoms with Gasteiger partial charge in [0.2, 0.25) is 5.91 Å². The lowest BCUT2D eigenvalue weighted by Crippen LogP contribution is -2.48. The lowest BCUT2D eigenvalue weighted by atomic mass is 9.72. The molecule has 0 radical (unpaired) electrons. The Balaban J connectivity index is 1.39. The Morgan fingerprint density at radius 2 is 1.76 bits per heavy atom. The minimum atomic E-state index is -0.899. The van der Waals surface area contributed by atoms with Crippen molar-refractivity contribution >= 4 is 29.1 Å². The van der Waals surface area contributed by atoms with Crippen molar-refractivity contribution in [2.24, 2.45) is 35.0 Å². The van der Waals surface area contributed by atoms with E-state index in [-0.39, 0.29) is 29.1 Å². The third kappa shape index (κ3) is 3.69. The van der Waals surface area contributed by atoms with Gasteiger partial charge in [-0.15, -0.1) is 11.3 Å². The Morgan fingerprint density at radius 1 is 1.07 bits per heavy atom. The van der Waals surface area contributed by atoms with Crippen LogP contribution in [0.15, 0.2) is 5.38 Å². The van der Waals surface area contributed by atoms with Gasteiger partial charge in [0.25, 0.3) is 5.91 Å². The van der Waals surface area contributed by atoms with Crippen LogP contribution in [0.5, 0.6) is 0 Å². The molecule has 29 heavy (non-hydrogen) atoms. The van der Waals surface area contributed by atoms with E-state index in [0.717, 1.165) is 44.1 Å². The first-order chi connectivity index (χ1) is 13.7. The maximum absolute atomic E-state index is 12.7. The minimum Gasteiger partial charge on any atom is -0.481 e. The van der Waals surface area contributed by atoms with E-state index in [1.165, 1.54) is 4.88 Å². The number of hydrogen-bond donors (Lipinski definition) is 3. The van der Waals surface area contributed by atoms with Crippen LogP contribution in [0.3, 0.4) is 0 Å². The first-order valence-corrected chi connectivity index (χ1v) is 11.5. The van der Waals surface area contributed by atoms with Gasteiger partial charge < -0.3 is 5.11 Å². The summed E-state index contributed by atoms with van der Waals surface area (Å²) >= 11 is 1.62. The van der Waals surface area contributed by atoms with Crippen molar-refractivity contribution in [3.05, 3.63) is 21.4 Å². The van der Waals surface area contributed by atoms with Gasteiger partial charge in [0.05, 0.1) is 17.4 Å². The Labute approximate surface area is 175 Å². The number of carboxylic acids is 1. The molecule has 0 aromatic carbocycles. The number of carbonyl (C=O) groups is 3. The number of hydrazine groups is 1. The predicted octanol–water partition coefficient (Wildman–Crippen LogP) is 3.41. The molecule has 3 aliphatic carbocycles. The molecule has 1 aromatic rings. The number of fused-ring (bicyclic) bond motifs is 3. The van der Waals surface area contributed by atoms with Crippen LogP contribution in [0.2, 0.25) is 0 Å². The highest BCUT2D eigenvalue weighted by molar-refractivity contribution is 7.10. The monoisotopic (exact) mass is 418 g/mol. The van der Waals surface area contributed by atoms with Crippen molar-refractivity contribution in [3.63, 3.8) is 0 Å². The van der Waals surface area contributed by atoms with Crippen LogP contribution in [0.4, 0.5) is 0 Å². The summed E-state index contributed by atoms with van der Waals surface area (Å²) in [5.74, 6) is -1.94. The first-order valence-electron chi connectivity index (χ1n) is 10.6. The Hall–Kier alpha value is -1.89. The Morgan fingerprint density at radius 3 is 2.41 bits per heavy atom. The van der Waals surface area contributed by atoms with Crippen LogP contribution in [-0.4, -0.2) is 22.9 Å². The molecule has 0 saturated heterocycles. The molecule has 3 aliphatic rings. The molecule has 1 aromatic heterocycles. The second-order valence-corrected chi connectivity index (χ2v) is 11.0. The van der Waals surface area contributed by atoms with E-state index < -0.39 is 17.8 Å². The van der Waals surface area contributed by atoms with Gasteiger partial charge in [0, 0.05) is 10.3 Å². The topological polar surface area (TPSA) is 95.5 Å². The van der Waals surface area contributed by atoms with Crippen LogP contribution in [0.1, 0.15) is 67.3 Å². The number of amides is 2. The summed E-state index contributed by atoms with van der Waals surface area (Å²) in [5, 5.41) is 11.4. The maximum Gasteiger partial charge on any atom is 0.307 e. The van der Waals surface area contributed by atoms with Crippen molar-refractivity contribution < 1.29 is 19.5 Å². The third-order valence-electron chi connectivity index (χ3n) is 7.43. The standard InChI is InChI=1S/C22H30N2O4S/c1-22(2,3)13-6-7-14-15(10-29-16(14)9-13)19(25)23-24-20(26)17-11-4-5-12(8-11)18(17)21(27)28/h10-13,17-18H,4-9H2,1-3H3,(H,23,25)(H,24,26)(H,27,28)/t11-,12+,13-,17-,18+/m1/s1. The summed E-state index contributed by atoms with van der Waals surface area (Å²) in [6.07, 6.45) is 5.52. The van der Waals surface area contributed by atoms with Crippen molar-refractivity contribution in [2.45, 2.75) is 59.3 Å². The van der Waals surface area contributed by atoms with E-state index >= 15 is 0 Å². The minimum absolute atomic E-state index is 0.0867. The molecule has 3 N–H and O–H groups in total. The molecule has 0 spiro atoms. The molecule has 5 atom stereocenters. The molecule has 0 aliphatic heterocycles. The Bertz CT molecular complexity index is 840. The number of aliphatic carboxylic acids is 1. The first kappa shape index (κ1) is 20.4. The molecular weight excluding hydrogens is 388 g/mol. The summed E-state index contributed by atoms with van der Waals surface area (Å²) in [5.41, 5.74) is 7.06. The van der Waals surface area contributed by atoms with Gasteiger partial charge in [0.15, 0.2) is 0 Å². The zero-order chi connectivity index (χ0) is 20.9. The van der Waals surface area contributed by atoms with Gasteiger partial charge in [-0.2, -0.15) is 0 Å². The zero-order valence-corrected chi connectivity index (χ0v) is 18.1. The molecule has 2 fully saturated rings. The summed E-state index contributed by atoms with van der Waals surface area (Å²) in [4.78, 5) is 38.3. The van der Waals surface area contributed by atoms with Crippen LogP contribution in [0, 0.1) is 35.0 Å². The van der Waals surface area contributed by atoms with Crippen molar-refractivity contribution in [3.8, 4) is 0 Å². The van der Waals surface area contributed by atoms with Gasteiger partial charge in [-0.25, -0.2) is 0 Å². The molecular formula is C22H30N2O4S. The van der Waals surface area contributed by atoms with E-state index in [9.17, 15) is 19.5 Å². The third-order valence-corrected chi connectivity index (χ3v) is 8.48. The molecule has 4 rings (SSSR count). The average molecular weight is 419 g/mol. The van der Waals surface area contributed by atoms with E-state index in [1.54, 1.807) is 11.3 Å². The van der Waals surface area contributed by atoms with Gasteiger partial charge in [0.1, 0.15) is 0 Å². The molecule has 2 saturated carbocycles. The summed E-state index contributed by atoms with van der Waals surface area (Å²) < 4.78 is 0. The second kappa shape index (κ2) is 7.42. The van der Waals surface area contributed by atoms with Crippen LogP contribution < -0.4 is 10.9 Å². The quantitative estimate of drug-likeness (QED) is 0.656. The molecule has 0 unspecified atom stereocenters. The lowest BCUT2D eigenvalue weighted by molar-refractivity contribution is -0.149. The van der Waals surface area contributed by atoms with Crippen molar-refractivity contribution in [1.29, 1.82) is 0 Å². The second-order valence-electron chi connectivity index (χ2n) is 10.0. The van der Waals surface area contributed by atoms with E-state index in [2.05, 4.69) is 31.6 Å². The Kier molecular flexibility index (Phi) is 5.21. The predicted molar refractivity (Wildman–Crippen MR) is 110 cm³/mol. The maximum atomic E-state index is 12.7. The fraction of sp³-hybridized carbons (Fsp3) is 0.682. The number of carboxylic acid groups (broad SMARTS) is 1. The fourth-order valence-electron chi connectivity index (χ4n) is 5.74. The number of nitrogens with one attached hydrogen (secondary N) is 2. The average Bonchev–Trinajstić information content (AvgIpc) is 3.37. The SMILES string of the molecule is CC(C)(C)[C@@H]1CCc2c(C(=O)NNC(=O)[C@@H]3[C@@H]4CC[C@@H](C4)[C@@H]3C(=O)O)csc2C1. The van der Waals surface area contributed by atoms with Gasteiger partial charge in [-0.05, 0) is 67.3 Å². The highest BCUT2D eigenvalue weighted by Gasteiger charge is 2.54. The van der Waals surface area contributed by atoms with Crippen molar-refractivity contribution in [1.82, 2.24) is 10.9 Å². The fourth-order valence-corrected chi connectivity index (χ4v) is 6.90. The number of rotatable bonds is 3. The lowest BCUT2D eigenvalue weighted by Gasteiger charge is -2.34. The van der Waals surface area contributed by atoms with Gasteiger partial charge in [-0.3, -0.25) is 25.2 Å². The molecule has 158 valence electrons. The van der Waals surface area contributed by atoms with Crippen LogP contribution in [0.25, 0.3) is 0 Å². The molecule has 2 bridgehead atoms. The number of hydrogen-bond acceptors (Lipinski definition) is 4. The molecule has 6 nitrogen and oxygen atoms in total. The summed E-state index contributed by atoms with van der Waals surface area (Å²) in [7, 11) is 0. The van der Waals surface area contributed by atoms with Crippen molar-refractivity contribution in [2.75, 3.05) is 0 Å². The highest BCUT2D eigenvalue weighted by atomic mass is 32.1. The van der Waals surface area contributed by atoms with Gasteiger partial charge >= 0.3 is 5.97 Å². The normalized spacial score (nSPS) is 30.7. The van der Waals surface area contributed by atoms with E-state index in [1.807, 2.05) is 5.38 Å². The van der Waals surface area contributed by atoms with Crippen LogP contribution in [-0.2, 0) is 22.4 Å². The smallest absolute Gasteiger partial charge is 0.307 e. The summed E-state index contributed by atoms with van der Waals surface area (Å²) in [6.45, 7) is 6.79. The number of thiophene rings is 1. The summed E-state index contributed by atoms with van der Waals surface area (Å²) in [6, 6.07) is 0. The number of carbonyl (C=O) groups excluding carboxylic acids is 2.